The second kappa shape index (κ2) is 6.45. The topological polar surface area (TPSA) is 84.3 Å². The van der Waals surface area contributed by atoms with E-state index in [1.807, 2.05) is 17.5 Å². The van der Waals surface area contributed by atoms with E-state index in [0.29, 0.717) is 52.8 Å². The highest BCUT2D eigenvalue weighted by Gasteiger charge is 2.46. The van der Waals surface area contributed by atoms with Crippen LogP contribution in [0.3, 0.4) is 0 Å². The maximum absolute atomic E-state index is 10.2. The van der Waals surface area contributed by atoms with Crippen LogP contribution in [0.5, 0.6) is 0 Å². The number of hydrogen-bond acceptors (Lipinski definition) is 6. The lowest BCUT2D eigenvalue weighted by molar-refractivity contribution is 0.117. The fourth-order valence-electron chi connectivity index (χ4n) is 2.80. The van der Waals surface area contributed by atoms with Gasteiger partial charge in [0.15, 0.2) is 5.58 Å². The summed E-state index contributed by atoms with van der Waals surface area (Å²) in [5.74, 6) is 0.526. The predicted octanol–water partition coefficient (Wildman–Crippen LogP) is 4.20. The molecule has 1 aliphatic rings. The van der Waals surface area contributed by atoms with E-state index in [-0.39, 0.29) is 0 Å². The highest BCUT2D eigenvalue weighted by molar-refractivity contribution is 7.09. The van der Waals surface area contributed by atoms with Crippen molar-refractivity contribution in [3.8, 4) is 0 Å². The number of nitrogens with zero attached hydrogens (tertiary/aromatic N) is 1. The van der Waals surface area contributed by atoms with Gasteiger partial charge in [-0.15, -0.1) is 11.3 Å². The summed E-state index contributed by atoms with van der Waals surface area (Å²) in [6, 6.07) is 5.36. The van der Waals surface area contributed by atoms with Crippen LogP contribution in [0.4, 0.5) is 5.69 Å². The highest BCUT2D eigenvalue weighted by atomic mass is 35.5. The summed E-state index contributed by atoms with van der Waals surface area (Å²) in [5, 5.41) is 16.2. The third-order valence-electron chi connectivity index (χ3n) is 4.51. The van der Waals surface area contributed by atoms with E-state index in [2.05, 4.69) is 10.3 Å². The van der Waals surface area contributed by atoms with Gasteiger partial charge in [-0.05, 0) is 24.3 Å². The van der Waals surface area contributed by atoms with Gasteiger partial charge in [0, 0.05) is 30.0 Å². The fraction of sp³-hybridized carbons (Fsp3) is 0.353. The maximum atomic E-state index is 10.2. The van der Waals surface area contributed by atoms with E-state index >= 15 is 0 Å². The molecule has 1 aliphatic carbocycles. The largest absolute Gasteiger partial charge is 0.455 e. The Morgan fingerprint density at radius 1 is 1.44 bits per heavy atom. The molecule has 1 fully saturated rings. The molecule has 0 amide bonds. The molecule has 3 aromatic rings. The fourth-order valence-corrected chi connectivity index (χ4v) is 3.88. The number of rotatable bonds is 6. The number of nitrogens with one attached hydrogen (secondary N) is 1. The van der Waals surface area contributed by atoms with E-state index in [1.54, 1.807) is 17.4 Å². The second-order valence-electron chi connectivity index (χ2n) is 6.36. The molecule has 0 unspecified atom stereocenters. The molecule has 1 saturated carbocycles. The molecule has 3 aromatic heterocycles. The van der Waals surface area contributed by atoms with Gasteiger partial charge in [0.25, 0.3) is 0 Å². The number of nitrogens with two attached hydrogens (primary N) is 1. The van der Waals surface area contributed by atoms with Crippen LogP contribution in [0, 0.1) is 0 Å². The minimum Gasteiger partial charge on any atom is -0.455 e. The first-order valence-electron chi connectivity index (χ1n) is 7.98. The molecule has 8 heteroatoms. The van der Waals surface area contributed by atoms with Crippen molar-refractivity contribution in [1.29, 1.82) is 0 Å². The van der Waals surface area contributed by atoms with E-state index in [1.165, 1.54) is 4.88 Å². The average Bonchev–Trinajstić information content (AvgIpc) is 3.01. The zero-order chi connectivity index (χ0) is 17.6. The number of furan rings is 1. The van der Waals surface area contributed by atoms with Crippen LogP contribution < -0.4 is 11.1 Å². The quantitative estimate of drug-likeness (QED) is 0.542. The van der Waals surface area contributed by atoms with Crippen molar-refractivity contribution in [1.82, 2.24) is 4.98 Å². The number of fused-ring (bicyclic) bond motifs is 1. The molecule has 4 N–H and O–H groups in total. The summed E-state index contributed by atoms with van der Waals surface area (Å²) in [6.07, 6.45) is 1.78. The van der Waals surface area contributed by atoms with Gasteiger partial charge >= 0.3 is 0 Å². The van der Waals surface area contributed by atoms with Gasteiger partial charge in [-0.2, -0.15) is 0 Å². The normalized spacial score (nSPS) is 17.0. The van der Waals surface area contributed by atoms with Crippen molar-refractivity contribution in [2.75, 3.05) is 5.32 Å². The highest BCUT2D eigenvalue weighted by Crippen LogP contribution is 2.41. The number of hydrogen-bond donors (Lipinski definition) is 3. The van der Waals surface area contributed by atoms with Crippen molar-refractivity contribution in [2.45, 2.75) is 37.5 Å². The van der Waals surface area contributed by atoms with Gasteiger partial charge in [-0.1, -0.05) is 29.3 Å². The van der Waals surface area contributed by atoms with Gasteiger partial charge < -0.3 is 20.6 Å². The third kappa shape index (κ3) is 3.37. The van der Waals surface area contributed by atoms with Crippen molar-refractivity contribution in [3.05, 3.63) is 44.4 Å². The summed E-state index contributed by atoms with van der Waals surface area (Å²) >= 11 is 14.2. The van der Waals surface area contributed by atoms with Crippen LogP contribution >= 0.6 is 34.5 Å². The molecule has 3 heterocycles. The molecule has 0 saturated heterocycles. The van der Waals surface area contributed by atoms with Gasteiger partial charge in [0.2, 0.25) is 0 Å². The minimum absolute atomic E-state index is 0.334. The first-order valence-corrected chi connectivity index (χ1v) is 9.61. The smallest absolute Gasteiger partial charge is 0.177 e. The summed E-state index contributed by atoms with van der Waals surface area (Å²) < 4.78 is 5.95. The van der Waals surface area contributed by atoms with Gasteiger partial charge in [-0.25, -0.2) is 4.98 Å². The lowest BCUT2D eigenvalue weighted by Crippen LogP contribution is -2.38. The summed E-state index contributed by atoms with van der Waals surface area (Å²) in [4.78, 5) is 5.48. The van der Waals surface area contributed by atoms with Gasteiger partial charge in [-0.3, -0.25) is 0 Å². The molecular formula is C17H17Cl2N3O2S. The molecule has 5 nitrogen and oxygen atoms in total. The Morgan fingerprint density at radius 3 is 2.92 bits per heavy atom. The van der Waals surface area contributed by atoms with E-state index in [0.717, 1.165) is 5.69 Å². The first-order chi connectivity index (χ1) is 12.0. The SMILES string of the molecule is N[C@H](Cc1oc2c(NCc3cccs3)cc(Cl)nc2c1Cl)C1(O)CC1. The summed E-state index contributed by atoms with van der Waals surface area (Å²) in [7, 11) is 0. The number of aromatic nitrogens is 1. The summed E-state index contributed by atoms with van der Waals surface area (Å²) in [5.41, 5.74) is 7.09. The molecule has 4 rings (SSSR count). The minimum atomic E-state index is -0.798. The Labute approximate surface area is 158 Å². The molecule has 132 valence electrons. The first kappa shape index (κ1) is 17.1. The molecule has 0 spiro atoms. The van der Waals surface area contributed by atoms with Crippen LogP contribution in [0.2, 0.25) is 10.2 Å². The molecular weight excluding hydrogens is 381 g/mol. The van der Waals surface area contributed by atoms with Crippen LogP contribution in [0.15, 0.2) is 28.0 Å². The Morgan fingerprint density at radius 2 is 2.24 bits per heavy atom. The maximum Gasteiger partial charge on any atom is 0.177 e. The van der Waals surface area contributed by atoms with E-state index < -0.39 is 11.6 Å². The van der Waals surface area contributed by atoms with Crippen LogP contribution in [-0.4, -0.2) is 21.7 Å². The molecule has 25 heavy (non-hydrogen) atoms. The van der Waals surface area contributed by atoms with Crippen molar-refractivity contribution < 1.29 is 9.52 Å². The van der Waals surface area contributed by atoms with Crippen molar-refractivity contribution in [3.63, 3.8) is 0 Å². The number of pyridine rings is 1. The standard InChI is InChI=1S/C17H17Cl2N3O2S/c18-13-6-10(21-8-9-2-1-5-25-9)16-15(22-13)14(19)11(24-16)7-12(20)17(23)3-4-17/h1-2,5-6,12,23H,3-4,7-8,20H2,(H,21,22)/t12-/m1/s1. The van der Waals surface area contributed by atoms with Crippen LogP contribution in [0.1, 0.15) is 23.5 Å². The van der Waals surface area contributed by atoms with Crippen molar-refractivity contribution in [2.24, 2.45) is 5.73 Å². The van der Waals surface area contributed by atoms with E-state index in [4.69, 9.17) is 33.4 Å². The van der Waals surface area contributed by atoms with Gasteiger partial charge in [0.05, 0.1) is 11.3 Å². The predicted molar refractivity (Wildman–Crippen MR) is 102 cm³/mol. The lowest BCUT2D eigenvalue weighted by atomic mass is 10.1. The van der Waals surface area contributed by atoms with E-state index in [9.17, 15) is 5.11 Å². The van der Waals surface area contributed by atoms with Crippen LogP contribution in [0.25, 0.3) is 11.1 Å². The number of anilines is 1. The lowest BCUT2D eigenvalue weighted by Gasteiger charge is -2.16. The Kier molecular flexibility index (Phi) is 4.42. The number of thiophene rings is 1. The molecule has 0 bridgehead atoms. The summed E-state index contributed by atoms with van der Waals surface area (Å²) in [6.45, 7) is 0.653. The Hall–Kier alpha value is -1.31. The van der Waals surface area contributed by atoms with Gasteiger partial charge in [0.1, 0.15) is 21.5 Å². The third-order valence-corrected chi connectivity index (χ3v) is 5.97. The monoisotopic (exact) mass is 397 g/mol. The molecule has 1 atom stereocenters. The number of aliphatic hydroxyl groups is 1. The molecule has 0 radical (unpaired) electrons. The Bertz CT molecular complexity index is 906. The zero-order valence-electron chi connectivity index (χ0n) is 13.3. The Balaban J connectivity index is 1.65. The second-order valence-corrected chi connectivity index (χ2v) is 8.15. The zero-order valence-corrected chi connectivity index (χ0v) is 15.6. The molecule has 0 aliphatic heterocycles. The molecule has 0 aromatic carbocycles. The number of halogens is 2. The van der Waals surface area contributed by atoms with Crippen molar-refractivity contribution >= 4 is 51.3 Å². The van der Waals surface area contributed by atoms with Crippen LogP contribution in [-0.2, 0) is 13.0 Å². The average molecular weight is 398 g/mol.